The SMILES string of the molecule is CC(C)OCC(=O)Nc1cccc(C#CCO)n1. The molecule has 0 unspecified atom stereocenters. The van der Waals surface area contributed by atoms with E-state index >= 15 is 0 Å². The molecule has 0 saturated carbocycles. The molecular weight excluding hydrogens is 232 g/mol. The Kier molecular flexibility index (Phi) is 5.85. The number of pyridine rings is 1. The Morgan fingerprint density at radius 3 is 3.00 bits per heavy atom. The van der Waals surface area contributed by atoms with E-state index in [1.165, 1.54) is 0 Å². The summed E-state index contributed by atoms with van der Waals surface area (Å²) in [6.07, 6.45) is 0.00506. The van der Waals surface area contributed by atoms with Gasteiger partial charge in [0, 0.05) is 0 Å². The largest absolute Gasteiger partial charge is 0.384 e. The van der Waals surface area contributed by atoms with Crippen LogP contribution in [0.5, 0.6) is 0 Å². The van der Waals surface area contributed by atoms with Crippen LogP contribution in [0.15, 0.2) is 18.2 Å². The lowest BCUT2D eigenvalue weighted by molar-refractivity contribution is -0.121. The summed E-state index contributed by atoms with van der Waals surface area (Å²) in [4.78, 5) is 15.6. The Hall–Kier alpha value is -1.90. The standard InChI is InChI=1S/C13H16N2O3/c1-10(2)18-9-13(17)15-12-7-3-5-11(14-12)6-4-8-16/h3,5,7,10,16H,8-9H2,1-2H3,(H,14,15,17). The summed E-state index contributed by atoms with van der Waals surface area (Å²) in [5.74, 6) is 5.31. The molecule has 1 rings (SSSR count). The minimum absolute atomic E-state index is 0.00506. The molecule has 0 radical (unpaired) electrons. The smallest absolute Gasteiger partial charge is 0.251 e. The highest BCUT2D eigenvalue weighted by Gasteiger charge is 2.04. The van der Waals surface area contributed by atoms with Crippen LogP contribution in [0.3, 0.4) is 0 Å². The van der Waals surface area contributed by atoms with E-state index in [4.69, 9.17) is 9.84 Å². The molecule has 5 heteroatoms. The molecule has 0 aromatic carbocycles. The monoisotopic (exact) mass is 248 g/mol. The molecule has 0 spiro atoms. The molecule has 2 N–H and O–H groups in total. The average Bonchev–Trinajstić information content (AvgIpc) is 2.34. The number of anilines is 1. The fourth-order valence-electron chi connectivity index (χ4n) is 1.13. The van der Waals surface area contributed by atoms with Crippen LogP contribution in [0.2, 0.25) is 0 Å². The highest BCUT2D eigenvalue weighted by Crippen LogP contribution is 2.04. The van der Waals surface area contributed by atoms with Gasteiger partial charge in [0.05, 0.1) is 6.10 Å². The number of aliphatic hydroxyl groups excluding tert-OH is 1. The van der Waals surface area contributed by atoms with Crippen molar-refractivity contribution in [3.05, 3.63) is 23.9 Å². The summed E-state index contributed by atoms with van der Waals surface area (Å²) < 4.78 is 5.17. The highest BCUT2D eigenvalue weighted by molar-refractivity contribution is 5.90. The van der Waals surface area contributed by atoms with Gasteiger partial charge in [-0.15, -0.1) is 0 Å². The topological polar surface area (TPSA) is 71.5 Å². The number of aromatic nitrogens is 1. The van der Waals surface area contributed by atoms with Crippen LogP contribution >= 0.6 is 0 Å². The Balaban J connectivity index is 2.59. The molecule has 96 valence electrons. The van der Waals surface area contributed by atoms with Crippen molar-refractivity contribution >= 4 is 11.7 Å². The summed E-state index contributed by atoms with van der Waals surface area (Å²) in [5, 5.41) is 11.2. The van der Waals surface area contributed by atoms with E-state index in [0.29, 0.717) is 11.5 Å². The second-order valence-corrected chi connectivity index (χ2v) is 3.78. The van der Waals surface area contributed by atoms with Crippen molar-refractivity contribution in [2.45, 2.75) is 20.0 Å². The molecule has 1 heterocycles. The number of aliphatic hydroxyl groups is 1. The van der Waals surface area contributed by atoms with E-state index in [0.717, 1.165) is 0 Å². The Bertz CT molecular complexity index is 461. The van der Waals surface area contributed by atoms with Gasteiger partial charge in [0.1, 0.15) is 24.7 Å². The molecule has 1 amide bonds. The number of nitrogens with one attached hydrogen (secondary N) is 1. The highest BCUT2D eigenvalue weighted by atomic mass is 16.5. The van der Waals surface area contributed by atoms with Crippen LogP contribution in [-0.2, 0) is 9.53 Å². The fourth-order valence-corrected chi connectivity index (χ4v) is 1.13. The number of rotatable bonds is 4. The maximum Gasteiger partial charge on any atom is 0.251 e. The molecule has 0 aliphatic heterocycles. The predicted octanol–water partition coefficient (Wildman–Crippen LogP) is 0.789. The van der Waals surface area contributed by atoms with Gasteiger partial charge in [-0.3, -0.25) is 4.79 Å². The van der Waals surface area contributed by atoms with Gasteiger partial charge in [0.25, 0.3) is 5.91 Å². The van der Waals surface area contributed by atoms with Crippen LogP contribution in [0.25, 0.3) is 0 Å². The van der Waals surface area contributed by atoms with Crippen molar-refractivity contribution in [3.8, 4) is 11.8 Å². The number of amides is 1. The van der Waals surface area contributed by atoms with Crippen molar-refractivity contribution in [2.75, 3.05) is 18.5 Å². The average molecular weight is 248 g/mol. The molecule has 5 nitrogen and oxygen atoms in total. The van der Waals surface area contributed by atoms with E-state index in [9.17, 15) is 4.79 Å². The molecule has 0 aliphatic carbocycles. The second kappa shape index (κ2) is 7.43. The Morgan fingerprint density at radius 1 is 1.56 bits per heavy atom. The number of carbonyl (C=O) groups excluding carboxylic acids is 1. The molecule has 0 atom stereocenters. The first-order chi connectivity index (χ1) is 8.61. The van der Waals surface area contributed by atoms with Gasteiger partial charge in [-0.05, 0) is 31.9 Å². The van der Waals surface area contributed by atoms with Gasteiger partial charge in [0.2, 0.25) is 0 Å². The minimum atomic E-state index is -0.261. The second-order valence-electron chi connectivity index (χ2n) is 3.78. The maximum absolute atomic E-state index is 11.5. The minimum Gasteiger partial charge on any atom is -0.384 e. The lowest BCUT2D eigenvalue weighted by Gasteiger charge is -2.07. The lowest BCUT2D eigenvalue weighted by Crippen LogP contribution is -2.21. The molecule has 1 aromatic heterocycles. The summed E-state index contributed by atoms with van der Waals surface area (Å²) in [7, 11) is 0. The normalized spacial score (nSPS) is 9.78. The van der Waals surface area contributed by atoms with E-state index in [1.54, 1.807) is 18.2 Å². The van der Waals surface area contributed by atoms with E-state index in [-0.39, 0.29) is 25.2 Å². The van der Waals surface area contributed by atoms with Crippen LogP contribution < -0.4 is 5.32 Å². The van der Waals surface area contributed by atoms with E-state index in [2.05, 4.69) is 22.1 Å². The zero-order valence-electron chi connectivity index (χ0n) is 10.4. The third kappa shape index (κ3) is 5.43. The van der Waals surface area contributed by atoms with Gasteiger partial charge in [0.15, 0.2) is 0 Å². The third-order valence-corrected chi connectivity index (χ3v) is 1.86. The van der Waals surface area contributed by atoms with Gasteiger partial charge >= 0.3 is 0 Å². The first-order valence-electron chi connectivity index (χ1n) is 5.60. The Morgan fingerprint density at radius 2 is 2.33 bits per heavy atom. The van der Waals surface area contributed by atoms with Crippen LogP contribution in [-0.4, -0.2) is 35.3 Å². The molecule has 0 saturated heterocycles. The first-order valence-corrected chi connectivity index (χ1v) is 5.60. The molecule has 18 heavy (non-hydrogen) atoms. The maximum atomic E-state index is 11.5. The van der Waals surface area contributed by atoms with Crippen LogP contribution in [0, 0.1) is 11.8 Å². The predicted molar refractivity (Wildman–Crippen MR) is 67.9 cm³/mol. The molecular formula is C13H16N2O3. The van der Waals surface area contributed by atoms with Crippen molar-refractivity contribution in [2.24, 2.45) is 0 Å². The Labute approximate surface area is 106 Å². The molecule has 0 aliphatic rings. The van der Waals surface area contributed by atoms with Crippen molar-refractivity contribution < 1.29 is 14.6 Å². The van der Waals surface area contributed by atoms with Crippen molar-refractivity contribution in [1.82, 2.24) is 4.98 Å². The van der Waals surface area contributed by atoms with Gasteiger partial charge in [-0.1, -0.05) is 12.0 Å². The van der Waals surface area contributed by atoms with Gasteiger partial charge in [-0.2, -0.15) is 0 Å². The molecule has 1 aromatic rings. The summed E-state index contributed by atoms with van der Waals surface area (Å²) in [5.41, 5.74) is 0.492. The van der Waals surface area contributed by atoms with Crippen molar-refractivity contribution in [3.63, 3.8) is 0 Å². The third-order valence-electron chi connectivity index (χ3n) is 1.86. The van der Waals surface area contributed by atoms with Gasteiger partial charge < -0.3 is 15.2 Å². The van der Waals surface area contributed by atoms with Gasteiger partial charge in [-0.25, -0.2) is 4.98 Å². The van der Waals surface area contributed by atoms with Crippen molar-refractivity contribution in [1.29, 1.82) is 0 Å². The quantitative estimate of drug-likeness (QED) is 0.773. The van der Waals surface area contributed by atoms with E-state index < -0.39 is 0 Å². The fraction of sp³-hybridized carbons (Fsp3) is 0.385. The number of carbonyl (C=O) groups is 1. The summed E-state index contributed by atoms with van der Waals surface area (Å²) in [6.45, 7) is 3.49. The number of nitrogens with zero attached hydrogens (tertiary/aromatic N) is 1. The van der Waals surface area contributed by atoms with Crippen LogP contribution in [0.1, 0.15) is 19.5 Å². The number of hydrogen-bond acceptors (Lipinski definition) is 4. The summed E-state index contributed by atoms with van der Waals surface area (Å²) >= 11 is 0. The first kappa shape index (κ1) is 14.2. The number of ether oxygens (including phenoxy) is 1. The zero-order valence-corrected chi connectivity index (χ0v) is 10.4. The van der Waals surface area contributed by atoms with E-state index in [1.807, 2.05) is 13.8 Å². The molecule has 0 bridgehead atoms. The number of hydrogen-bond donors (Lipinski definition) is 2. The van der Waals surface area contributed by atoms with Crippen LogP contribution in [0.4, 0.5) is 5.82 Å². The zero-order chi connectivity index (χ0) is 13.4. The lowest BCUT2D eigenvalue weighted by atomic mass is 10.3. The summed E-state index contributed by atoms with van der Waals surface area (Å²) in [6, 6.07) is 5.09. The molecule has 0 fully saturated rings.